The summed E-state index contributed by atoms with van der Waals surface area (Å²) < 4.78 is 5.90. The third-order valence-corrected chi connectivity index (χ3v) is 3.40. The largest absolute Gasteiger partial charge is 0.438 e. The van der Waals surface area contributed by atoms with E-state index in [1.54, 1.807) is 18.3 Å². The maximum absolute atomic E-state index is 6.10. The molecule has 0 unspecified atom stereocenters. The van der Waals surface area contributed by atoms with Gasteiger partial charge in [0.25, 0.3) is 0 Å². The third-order valence-electron chi connectivity index (χ3n) is 3.06. The number of hydrogen-bond acceptors (Lipinski definition) is 4. The van der Waals surface area contributed by atoms with Crippen molar-refractivity contribution >= 4 is 22.5 Å². The van der Waals surface area contributed by atoms with Gasteiger partial charge in [0, 0.05) is 24.2 Å². The smallest absolute Gasteiger partial charge is 0.219 e. The van der Waals surface area contributed by atoms with Gasteiger partial charge in [0.05, 0.1) is 16.2 Å². The first-order valence-electron chi connectivity index (χ1n) is 6.59. The van der Waals surface area contributed by atoms with Crippen LogP contribution >= 0.6 is 11.6 Å². The van der Waals surface area contributed by atoms with Crippen molar-refractivity contribution in [3.63, 3.8) is 0 Å². The van der Waals surface area contributed by atoms with Crippen LogP contribution in [-0.4, -0.2) is 17.0 Å². The van der Waals surface area contributed by atoms with Gasteiger partial charge in [-0.2, -0.15) is 0 Å². The van der Waals surface area contributed by atoms with Gasteiger partial charge in [-0.3, -0.25) is 4.98 Å². The van der Waals surface area contributed by atoms with Crippen LogP contribution in [-0.2, 0) is 6.54 Å². The second-order valence-corrected chi connectivity index (χ2v) is 4.94. The molecule has 3 aromatic rings. The van der Waals surface area contributed by atoms with E-state index in [1.165, 1.54) is 0 Å². The lowest BCUT2D eigenvalue weighted by atomic mass is 10.2. The molecule has 5 heteroatoms. The van der Waals surface area contributed by atoms with Crippen LogP contribution in [0.4, 0.5) is 0 Å². The average Bonchev–Trinajstić information content (AvgIpc) is 2.51. The lowest BCUT2D eigenvalue weighted by Crippen LogP contribution is -2.07. The molecule has 0 saturated heterocycles. The van der Waals surface area contributed by atoms with E-state index in [0.717, 1.165) is 22.3 Å². The van der Waals surface area contributed by atoms with Crippen LogP contribution in [0.1, 0.15) is 5.69 Å². The minimum atomic E-state index is 0.515. The molecule has 1 aromatic carbocycles. The molecule has 0 spiro atoms. The number of aromatic nitrogens is 2. The van der Waals surface area contributed by atoms with E-state index in [-0.39, 0.29) is 0 Å². The van der Waals surface area contributed by atoms with Crippen LogP contribution in [0, 0.1) is 0 Å². The van der Waals surface area contributed by atoms with Crippen molar-refractivity contribution in [2.75, 3.05) is 7.05 Å². The summed E-state index contributed by atoms with van der Waals surface area (Å²) in [6.45, 7) is 0.590. The van der Waals surface area contributed by atoms with Crippen molar-refractivity contribution in [2.24, 2.45) is 0 Å². The Kier molecular flexibility index (Phi) is 3.99. The Balaban J connectivity index is 1.97. The molecular weight excluding hydrogens is 286 g/mol. The number of pyridine rings is 2. The van der Waals surface area contributed by atoms with Gasteiger partial charge in [-0.15, -0.1) is 0 Å². The summed E-state index contributed by atoms with van der Waals surface area (Å²) in [6, 6.07) is 13.2. The van der Waals surface area contributed by atoms with Crippen LogP contribution in [0.15, 0.2) is 48.7 Å². The standard InChI is InChI=1S/C16H14ClN3O/c1-18-10-14-12(17)7-8-16(20-14)21-15-6-2-5-13-11(15)4-3-9-19-13/h2-9,18H,10H2,1H3. The summed E-state index contributed by atoms with van der Waals surface area (Å²) in [5.74, 6) is 1.24. The number of ether oxygens (including phenoxy) is 1. The summed E-state index contributed by atoms with van der Waals surface area (Å²) >= 11 is 6.10. The molecule has 0 aliphatic carbocycles. The van der Waals surface area contributed by atoms with E-state index in [0.29, 0.717) is 17.4 Å². The molecule has 21 heavy (non-hydrogen) atoms. The maximum Gasteiger partial charge on any atom is 0.219 e. The van der Waals surface area contributed by atoms with E-state index in [4.69, 9.17) is 16.3 Å². The molecule has 2 heterocycles. The van der Waals surface area contributed by atoms with E-state index < -0.39 is 0 Å². The molecule has 0 amide bonds. The monoisotopic (exact) mass is 299 g/mol. The highest BCUT2D eigenvalue weighted by Crippen LogP contribution is 2.29. The minimum absolute atomic E-state index is 0.515. The summed E-state index contributed by atoms with van der Waals surface area (Å²) in [6.07, 6.45) is 1.76. The molecule has 3 rings (SSSR count). The summed E-state index contributed by atoms with van der Waals surface area (Å²) in [5, 5.41) is 4.61. The number of halogens is 1. The van der Waals surface area contributed by atoms with Crippen LogP contribution in [0.2, 0.25) is 5.02 Å². The van der Waals surface area contributed by atoms with Crippen LogP contribution < -0.4 is 10.1 Å². The van der Waals surface area contributed by atoms with E-state index in [1.807, 2.05) is 37.4 Å². The van der Waals surface area contributed by atoms with Crippen LogP contribution in [0.25, 0.3) is 10.9 Å². The number of nitrogens with zero attached hydrogens (tertiary/aromatic N) is 2. The highest BCUT2D eigenvalue weighted by molar-refractivity contribution is 6.31. The van der Waals surface area contributed by atoms with Gasteiger partial charge in [-0.25, -0.2) is 4.98 Å². The SMILES string of the molecule is CNCc1nc(Oc2cccc3ncccc23)ccc1Cl. The molecular formula is C16H14ClN3O. The Morgan fingerprint density at radius 2 is 2.05 bits per heavy atom. The van der Waals surface area contributed by atoms with Crippen molar-refractivity contribution in [3.8, 4) is 11.6 Å². The first kappa shape index (κ1) is 13.8. The van der Waals surface area contributed by atoms with Gasteiger partial charge >= 0.3 is 0 Å². The van der Waals surface area contributed by atoms with Gasteiger partial charge in [0.15, 0.2) is 0 Å². The van der Waals surface area contributed by atoms with Gasteiger partial charge < -0.3 is 10.1 Å². The molecule has 0 saturated carbocycles. The predicted octanol–water partition coefficient (Wildman–Crippen LogP) is 3.79. The van der Waals surface area contributed by atoms with Crippen molar-refractivity contribution in [3.05, 3.63) is 59.4 Å². The summed E-state index contributed by atoms with van der Waals surface area (Å²) in [4.78, 5) is 8.74. The second kappa shape index (κ2) is 6.08. The lowest BCUT2D eigenvalue weighted by molar-refractivity contribution is 0.465. The van der Waals surface area contributed by atoms with Crippen molar-refractivity contribution < 1.29 is 4.74 Å². The lowest BCUT2D eigenvalue weighted by Gasteiger charge is -2.10. The Morgan fingerprint density at radius 3 is 2.90 bits per heavy atom. The van der Waals surface area contributed by atoms with E-state index in [9.17, 15) is 0 Å². The first-order valence-corrected chi connectivity index (χ1v) is 6.97. The second-order valence-electron chi connectivity index (χ2n) is 4.54. The number of rotatable bonds is 4. The number of nitrogens with one attached hydrogen (secondary N) is 1. The van der Waals surface area contributed by atoms with Crippen molar-refractivity contribution in [2.45, 2.75) is 6.54 Å². The average molecular weight is 300 g/mol. The fraction of sp³-hybridized carbons (Fsp3) is 0.125. The molecule has 0 aliphatic rings. The highest BCUT2D eigenvalue weighted by atomic mass is 35.5. The Hall–Kier alpha value is -2.17. The predicted molar refractivity (Wildman–Crippen MR) is 83.8 cm³/mol. The molecule has 0 aliphatic heterocycles. The molecule has 0 bridgehead atoms. The van der Waals surface area contributed by atoms with Crippen LogP contribution in [0.3, 0.4) is 0 Å². The minimum Gasteiger partial charge on any atom is -0.438 e. The van der Waals surface area contributed by atoms with Gasteiger partial charge in [0.1, 0.15) is 5.75 Å². The van der Waals surface area contributed by atoms with Gasteiger partial charge in [-0.1, -0.05) is 17.7 Å². The number of benzene rings is 1. The molecule has 0 radical (unpaired) electrons. The summed E-state index contributed by atoms with van der Waals surface area (Å²) in [7, 11) is 1.85. The molecule has 0 fully saturated rings. The third kappa shape index (κ3) is 2.96. The zero-order valence-corrected chi connectivity index (χ0v) is 12.3. The zero-order valence-electron chi connectivity index (χ0n) is 11.5. The topological polar surface area (TPSA) is 47.0 Å². The zero-order chi connectivity index (χ0) is 14.7. The highest BCUT2D eigenvalue weighted by Gasteiger charge is 2.07. The van der Waals surface area contributed by atoms with Crippen molar-refractivity contribution in [1.82, 2.24) is 15.3 Å². The normalized spacial score (nSPS) is 10.8. The summed E-state index contributed by atoms with van der Waals surface area (Å²) in [5.41, 5.74) is 1.65. The Bertz CT molecular complexity index is 771. The van der Waals surface area contributed by atoms with Gasteiger partial charge in [-0.05, 0) is 37.4 Å². The molecule has 2 aromatic heterocycles. The molecule has 0 atom stereocenters. The first-order chi connectivity index (χ1) is 10.3. The fourth-order valence-corrected chi connectivity index (χ4v) is 2.26. The quantitative estimate of drug-likeness (QED) is 0.796. The Morgan fingerprint density at radius 1 is 1.14 bits per heavy atom. The van der Waals surface area contributed by atoms with Gasteiger partial charge in [0.2, 0.25) is 5.88 Å². The maximum atomic E-state index is 6.10. The number of fused-ring (bicyclic) bond motifs is 1. The molecule has 106 valence electrons. The molecule has 1 N–H and O–H groups in total. The van der Waals surface area contributed by atoms with E-state index >= 15 is 0 Å². The van der Waals surface area contributed by atoms with Crippen molar-refractivity contribution in [1.29, 1.82) is 0 Å². The Labute approximate surface area is 127 Å². The molecule has 4 nitrogen and oxygen atoms in total. The number of hydrogen-bond donors (Lipinski definition) is 1. The van der Waals surface area contributed by atoms with Crippen LogP contribution in [0.5, 0.6) is 11.6 Å². The fourth-order valence-electron chi connectivity index (χ4n) is 2.09. The van der Waals surface area contributed by atoms with E-state index in [2.05, 4.69) is 15.3 Å².